The fourth-order valence-electron chi connectivity index (χ4n) is 7.23. The van der Waals surface area contributed by atoms with Crippen LogP contribution in [-0.2, 0) is 41.7 Å². The number of rotatable bonds is 9. The van der Waals surface area contributed by atoms with Gasteiger partial charge in [-0.1, -0.05) is 30.3 Å². The van der Waals surface area contributed by atoms with E-state index in [0.29, 0.717) is 92.5 Å². The third kappa shape index (κ3) is 13.4. The number of methoxy groups -OCH3 is 2. The number of hydrogen-bond acceptors (Lipinski definition) is 10. The maximum absolute atomic E-state index is 14.1. The van der Waals surface area contributed by atoms with Crippen LogP contribution >= 0.6 is 0 Å². The zero-order chi connectivity index (χ0) is 43.7. The molecule has 0 spiro atoms. The second-order valence-corrected chi connectivity index (χ2v) is 15.0. The highest BCUT2D eigenvalue weighted by molar-refractivity contribution is 5.95. The molecule has 0 radical (unpaired) electrons. The second-order valence-electron chi connectivity index (χ2n) is 15.0. The van der Waals surface area contributed by atoms with E-state index in [2.05, 4.69) is 21.3 Å². The Morgan fingerprint density at radius 3 is 2.30 bits per heavy atom. The van der Waals surface area contributed by atoms with E-state index < -0.39 is 35.7 Å². The fraction of sp³-hybridized carbons (Fsp3) is 0.467. The Morgan fingerprint density at radius 2 is 1.57 bits per heavy atom. The molecular formula is C45H58N6O10. The SMILES string of the molecule is CCOCC(=O)N1CCC(C(=O)N2CCCCNC(=O)c3ccc(OC)c(c3)Oc3ccc(c(OC)c3)CNC(=O)[C@H](C)NC(=O)[C@H](CCc3ccccc3)NC(=O)C2)CC1. The monoisotopic (exact) mass is 842 g/mol. The standard InChI is InChI=1S/C45H58N6O10/c1-5-60-29-41(53)50-23-19-32(20-24-50)45(57)51-22-10-9-21-46-43(55)33-15-18-37(58-3)39(25-33)61-35-16-14-34(38(26-35)59-4)27-47-42(54)30(2)48-44(56)36(49-40(52)28-51)17-13-31-11-7-6-8-12-31/h6-8,11-12,14-16,18,25-26,30,32,36H,5,9-10,13,17,19-24,27-29H2,1-4H3,(H,46,55)(H,47,54)(H,48,56)(H,49,52)/t30-,36-/m0/s1. The minimum Gasteiger partial charge on any atom is -0.496 e. The third-order valence-electron chi connectivity index (χ3n) is 10.7. The number of amides is 6. The van der Waals surface area contributed by atoms with Gasteiger partial charge in [0.15, 0.2) is 11.5 Å². The molecule has 16 nitrogen and oxygen atoms in total. The third-order valence-corrected chi connectivity index (χ3v) is 10.7. The van der Waals surface area contributed by atoms with Crippen molar-refractivity contribution in [2.24, 2.45) is 5.92 Å². The molecule has 0 saturated carbocycles. The molecule has 4 N–H and O–H groups in total. The summed E-state index contributed by atoms with van der Waals surface area (Å²) < 4.78 is 22.5. The first-order valence-electron chi connectivity index (χ1n) is 20.9. The van der Waals surface area contributed by atoms with Crippen LogP contribution in [0.4, 0.5) is 0 Å². The minimum absolute atomic E-state index is 0.0168. The van der Waals surface area contributed by atoms with Gasteiger partial charge in [-0.2, -0.15) is 0 Å². The number of nitrogens with one attached hydrogen (secondary N) is 4. The molecule has 4 bridgehead atoms. The molecule has 3 aliphatic heterocycles. The molecule has 3 aliphatic rings. The Balaban J connectivity index is 1.37. The van der Waals surface area contributed by atoms with Crippen LogP contribution in [0.3, 0.4) is 0 Å². The maximum atomic E-state index is 14.1. The quantitative estimate of drug-likeness (QED) is 0.232. The predicted octanol–water partition coefficient (Wildman–Crippen LogP) is 3.36. The van der Waals surface area contributed by atoms with E-state index in [1.54, 1.807) is 48.2 Å². The van der Waals surface area contributed by atoms with Crippen molar-refractivity contribution in [1.82, 2.24) is 31.1 Å². The van der Waals surface area contributed by atoms with Crippen LogP contribution < -0.4 is 35.5 Å². The first-order chi connectivity index (χ1) is 29.5. The summed E-state index contributed by atoms with van der Waals surface area (Å²) in [7, 11) is 2.99. The van der Waals surface area contributed by atoms with Gasteiger partial charge in [-0.25, -0.2) is 0 Å². The zero-order valence-electron chi connectivity index (χ0n) is 35.5. The van der Waals surface area contributed by atoms with Crippen molar-refractivity contribution in [3.05, 3.63) is 83.4 Å². The van der Waals surface area contributed by atoms with Gasteiger partial charge in [-0.05, 0) is 88.3 Å². The van der Waals surface area contributed by atoms with E-state index in [0.717, 1.165) is 5.56 Å². The first-order valence-corrected chi connectivity index (χ1v) is 20.9. The molecule has 3 aromatic carbocycles. The van der Waals surface area contributed by atoms with E-state index >= 15 is 0 Å². The van der Waals surface area contributed by atoms with Crippen LogP contribution in [0.1, 0.15) is 67.4 Å². The van der Waals surface area contributed by atoms with E-state index in [-0.39, 0.29) is 50.4 Å². The van der Waals surface area contributed by atoms with Crippen LogP contribution in [0, 0.1) is 5.92 Å². The van der Waals surface area contributed by atoms with Gasteiger partial charge in [0.05, 0.1) is 20.8 Å². The predicted molar refractivity (Wildman–Crippen MR) is 226 cm³/mol. The number of piperidine rings is 1. The number of nitrogens with zero attached hydrogens (tertiary/aromatic N) is 2. The molecule has 61 heavy (non-hydrogen) atoms. The van der Waals surface area contributed by atoms with Gasteiger partial charge in [0.25, 0.3) is 5.91 Å². The highest BCUT2D eigenvalue weighted by atomic mass is 16.5. The number of ether oxygens (including phenoxy) is 4. The highest BCUT2D eigenvalue weighted by Gasteiger charge is 2.32. The summed E-state index contributed by atoms with van der Waals surface area (Å²) in [4.78, 5) is 84.1. The van der Waals surface area contributed by atoms with Crippen molar-refractivity contribution < 1.29 is 47.7 Å². The molecule has 6 rings (SSSR count). The summed E-state index contributed by atoms with van der Waals surface area (Å²) in [5, 5.41) is 11.4. The molecule has 328 valence electrons. The van der Waals surface area contributed by atoms with Gasteiger partial charge in [0.2, 0.25) is 29.5 Å². The molecule has 1 fully saturated rings. The Labute approximate surface area is 357 Å². The molecule has 0 unspecified atom stereocenters. The van der Waals surface area contributed by atoms with Crippen molar-refractivity contribution in [1.29, 1.82) is 0 Å². The van der Waals surface area contributed by atoms with Crippen molar-refractivity contribution in [2.45, 2.75) is 71.0 Å². The molecule has 0 aliphatic carbocycles. The molecule has 3 aromatic rings. The van der Waals surface area contributed by atoms with Gasteiger partial charge < -0.3 is 50.0 Å². The number of carbonyl (C=O) groups excluding carboxylic acids is 6. The highest BCUT2D eigenvalue weighted by Crippen LogP contribution is 2.35. The molecule has 3 heterocycles. The Hall–Kier alpha value is -6.16. The summed E-state index contributed by atoms with van der Waals surface area (Å²) >= 11 is 0. The number of benzene rings is 3. The van der Waals surface area contributed by atoms with E-state index in [9.17, 15) is 28.8 Å². The number of carbonyl (C=O) groups is 6. The number of aryl methyl sites for hydroxylation is 1. The normalized spacial score (nSPS) is 19.0. The molecule has 6 amide bonds. The second kappa shape index (κ2) is 23.0. The minimum atomic E-state index is -1.02. The number of fused-ring (bicyclic) bond motifs is 18. The van der Waals surface area contributed by atoms with Crippen molar-refractivity contribution in [3.8, 4) is 23.0 Å². The average molecular weight is 843 g/mol. The molecular weight excluding hydrogens is 785 g/mol. The fourth-order valence-corrected chi connectivity index (χ4v) is 7.23. The van der Waals surface area contributed by atoms with Crippen LogP contribution in [0.2, 0.25) is 0 Å². The summed E-state index contributed by atoms with van der Waals surface area (Å²) in [6.45, 7) is 4.83. The lowest BCUT2D eigenvalue weighted by Gasteiger charge is -2.34. The molecule has 2 atom stereocenters. The lowest BCUT2D eigenvalue weighted by molar-refractivity contribution is -0.144. The number of likely N-dealkylation sites (tertiary alicyclic amines) is 1. The topological polar surface area (TPSA) is 194 Å². The molecule has 16 heteroatoms. The van der Waals surface area contributed by atoms with E-state index in [1.807, 2.05) is 37.3 Å². The maximum Gasteiger partial charge on any atom is 0.251 e. The summed E-state index contributed by atoms with van der Waals surface area (Å²) in [6.07, 6.45) is 2.51. The Morgan fingerprint density at radius 1 is 0.820 bits per heavy atom. The van der Waals surface area contributed by atoms with Crippen LogP contribution in [-0.4, -0.2) is 117 Å². The Kier molecular flexibility index (Phi) is 17.3. The van der Waals surface area contributed by atoms with E-state index in [4.69, 9.17) is 18.9 Å². The van der Waals surface area contributed by atoms with Crippen molar-refractivity contribution in [2.75, 3.05) is 60.2 Å². The molecule has 0 aromatic heterocycles. The smallest absolute Gasteiger partial charge is 0.251 e. The largest absolute Gasteiger partial charge is 0.496 e. The van der Waals surface area contributed by atoms with Gasteiger partial charge in [-0.3, -0.25) is 28.8 Å². The van der Waals surface area contributed by atoms with Crippen LogP contribution in [0.5, 0.6) is 23.0 Å². The molecule has 1 saturated heterocycles. The number of hydrogen-bond donors (Lipinski definition) is 4. The lowest BCUT2D eigenvalue weighted by Crippen LogP contribution is -2.54. The van der Waals surface area contributed by atoms with Gasteiger partial charge in [-0.15, -0.1) is 0 Å². The first kappa shape index (κ1) is 45.9. The summed E-state index contributed by atoms with van der Waals surface area (Å²) in [5.41, 5.74) is 1.94. The van der Waals surface area contributed by atoms with Crippen molar-refractivity contribution in [3.63, 3.8) is 0 Å². The Bertz CT molecular complexity index is 1990. The van der Waals surface area contributed by atoms with Crippen LogP contribution in [0.25, 0.3) is 0 Å². The van der Waals surface area contributed by atoms with Gasteiger partial charge >= 0.3 is 0 Å². The van der Waals surface area contributed by atoms with Gasteiger partial charge in [0, 0.05) is 62.4 Å². The zero-order valence-corrected chi connectivity index (χ0v) is 35.5. The van der Waals surface area contributed by atoms with Crippen LogP contribution in [0.15, 0.2) is 66.7 Å². The van der Waals surface area contributed by atoms with Crippen molar-refractivity contribution >= 4 is 35.4 Å². The van der Waals surface area contributed by atoms with Gasteiger partial charge in [0.1, 0.15) is 30.2 Å². The summed E-state index contributed by atoms with van der Waals surface area (Å²) in [5.74, 6) is -1.12. The lowest BCUT2D eigenvalue weighted by atomic mass is 9.95. The van der Waals surface area contributed by atoms with E-state index in [1.165, 1.54) is 19.1 Å². The summed E-state index contributed by atoms with van der Waals surface area (Å²) in [6, 6.07) is 17.5. The average Bonchev–Trinajstić information content (AvgIpc) is 3.28.